The van der Waals surface area contributed by atoms with Gasteiger partial charge in [-0.05, 0) is 89.6 Å². The van der Waals surface area contributed by atoms with Gasteiger partial charge in [-0.25, -0.2) is 4.98 Å². The molecular weight excluding hydrogens is 486 g/mol. The van der Waals surface area contributed by atoms with Gasteiger partial charge in [-0.3, -0.25) is 5.32 Å². The summed E-state index contributed by atoms with van der Waals surface area (Å²) in [6, 6.07) is 8.50. The van der Waals surface area contributed by atoms with Crippen molar-refractivity contribution in [3.63, 3.8) is 0 Å². The Bertz CT molecular complexity index is 1040. The minimum absolute atomic E-state index is 0.0133. The lowest BCUT2D eigenvalue weighted by atomic mass is 9.96. The van der Waals surface area contributed by atoms with Crippen LogP contribution in [0.1, 0.15) is 74.6 Å². The van der Waals surface area contributed by atoms with Gasteiger partial charge in [0.15, 0.2) is 0 Å². The highest BCUT2D eigenvalue weighted by molar-refractivity contribution is 5.55. The third-order valence-corrected chi connectivity index (χ3v) is 8.45. The average molecular weight is 536 g/mol. The summed E-state index contributed by atoms with van der Waals surface area (Å²) in [7, 11) is 4.18. The van der Waals surface area contributed by atoms with Crippen LogP contribution in [0, 0.1) is 0 Å². The van der Waals surface area contributed by atoms with Crippen LogP contribution in [-0.4, -0.2) is 74.0 Å². The quantitative estimate of drug-likeness (QED) is 0.440. The molecule has 1 aromatic heterocycles. The highest BCUT2D eigenvalue weighted by Crippen LogP contribution is 2.33. The molecule has 0 spiro atoms. The molecule has 3 N–H and O–H groups in total. The molecule has 8 nitrogen and oxygen atoms in total. The molecule has 0 saturated carbocycles. The van der Waals surface area contributed by atoms with Gasteiger partial charge in [0.25, 0.3) is 0 Å². The topological polar surface area (TPSA) is 82.8 Å². The Hall–Kier alpha value is -2.42. The van der Waals surface area contributed by atoms with E-state index in [4.69, 9.17) is 20.4 Å². The first-order valence-electron chi connectivity index (χ1n) is 15.4. The number of nitrogens with zero attached hydrogens (tertiary/aromatic N) is 5. The van der Waals surface area contributed by atoms with E-state index in [0.29, 0.717) is 0 Å². The predicted octanol–water partition coefficient (Wildman–Crippen LogP) is 4.11. The summed E-state index contributed by atoms with van der Waals surface area (Å²) in [5.41, 5.74) is 10.6. The lowest BCUT2D eigenvalue weighted by Crippen LogP contribution is -2.59. The lowest BCUT2D eigenvalue weighted by molar-refractivity contribution is 0.281. The van der Waals surface area contributed by atoms with Crippen LogP contribution in [0.5, 0.6) is 5.75 Å². The third kappa shape index (κ3) is 7.41. The molecule has 3 aliphatic rings. The third-order valence-electron chi connectivity index (χ3n) is 8.45. The van der Waals surface area contributed by atoms with Gasteiger partial charge in [0.2, 0.25) is 5.95 Å². The van der Waals surface area contributed by atoms with E-state index < -0.39 is 0 Å². The van der Waals surface area contributed by atoms with Crippen molar-refractivity contribution in [2.24, 2.45) is 5.73 Å². The fourth-order valence-corrected chi connectivity index (χ4v) is 6.24. The molecule has 3 heterocycles. The largest absolute Gasteiger partial charge is 0.494 e. The van der Waals surface area contributed by atoms with Crippen LogP contribution in [-0.2, 0) is 19.4 Å². The van der Waals surface area contributed by atoms with Crippen LogP contribution < -0.4 is 25.6 Å². The van der Waals surface area contributed by atoms with Gasteiger partial charge < -0.3 is 25.2 Å². The van der Waals surface area contributed by atoms with Crippen molar-refractivity contribution in [1.29, 1.82) is 0 Å². The number of nitrogens with two attached hydrogens (primary N) is 1. The van der Waals surface area contributed by atoms with Gasteiger partial charge in [0.1, 0.15) is 11.6 Å². The standard InChI is InChI=1S/C31H49N7O/c1-36(2)18-10-22-39-25-16-14-24(15-17-25)23-33-30-27(32)12-9-21-38(30)31-34-28-13-6-5-11-26(28)29(35-31)37-19-7-3-4-8-20-37/h14-17,27,30,33H,3-13,18-23,32H2,1-2H3. The van der Waals surface area contributed by atoms with Gasteiger partial charge in [0, 0.05) is 44.3 Å². The summed E-state index contributed by atoms with van der Waals surface area (Å²) >= 11 is 0. The number of fused-ring (bicyclic) bond motifs is 1. The van der Waals surface area contributed by atoms with Crippen LogP contribution >= 0.6 is 0 Å². The maximum Gasteiger partial charge on any atom is 0.228 e. The maximum absolute atomic E-state index is 6.73. The summed E-state index contributed by atoms with van der Waals surface area (Å²) in [6.07, 6.45) is 12.9. The monoisotopic (exact) mass is 535 g/mol. The Balaban J connectivity index is 1.29. The van der Waals surface area contributed by atoms with Crippen molar-refractivity contribution in [2.75, 3.05) is 56.7 Å². The van der Waals surface area contributed by atoms with E-state index in [-0.39, 0.29) is 12.2 Å². The molecule has 0 amide bonds. The molecule has 214 valence electrons. The molecule has 2 fully saturated rings. The first-order valence-corrected chi connectivity index (χ1v) is 15.4. The Morgan fingerprint density at radius 2 is 1.72 bits per heavy atom. The Morgan fingerprint density at radius 1 is 0.949 bits per heavy atom. The highest BCUT2D eigenvalue weighted by Gasteiger charge is 2.32. The van der Waals surface area contributed by atoms with Crippen molar-refractivity contribution in [1.82, 2.24) is 20.2 Å². The molecule has 1 aromatic carbocycles. The van der Waals surface area contributed by atoms with Crippen LogP contribution in [0.4, 0.5) is 11.8 Å². The first kappa shape index (κ1) is 28.1. The predicted molar refractivity (Wildman–Crippen MR) is 160 cm³/mol. The fourth-order valence-electron chi connectivity index (χ4n) is 6.24. The van der Waals surface area contributed by atoms with Crippen molar-refractivity contribution >= 4 is 11.8 Å². The second kappa shape index (κ2) is 13.8. The van der Waals surface area contributed by atoms with Crippen molar-refractivity contribution in [3.8, 4) is 5.75 Å². The van der Waals surface area contributed by atoms with E-state index in [9.17, 15) is 0 Å². The van der Waals surface area contributed by atoms with E-state index in [2.05, 4.69) is 58.4 Å². The van der Waals surface area contributed by atoms with E-state index >= 15 is 0 Å². The first-order chi connectivity index (χ1) is 19.1. The van der Waals surface area contributed by atoms with E-state index in [1.54, 1.807) is 0 Å². The van der Waals surface area contributed by atoms with Gasteiger partial charge >= 0.3 is 0 Å². The molecule has 0 radical (unpaired) electrons. The molecule has 1 aliphatic carbocycles. The number of rotatable bonds is 10. The maximum atomic E-state index is 6.73. The van der Waals surface area contributed by atoms with Crippen molar-refractivity contribution < 1.29 is 4.74 Å². The molecule has 2 aromatic rings. The van der Waals surface area contributed by atoms with Gasteiger partial charge in [-0.2, -0.15) is 4.98 Å². The summed E-state index contributed by atoms with van der Waals surface area (Å²) in [5.74, 6) is 3.00. The minimum atomic E-state index is 0.0133. The number of anilines is 2. The SMILES string of the molecule is CN(C)CCCOc1ccc(CNC2C(N)CCCN2c2nc3c(c(N4CCCCCC4)n2)CCCC3)cc1. The molecule has 2 unspecified atom stereocenters. The lowest BCUT2D eigenvalue weighted by Gasteiger charge is -2.41. The van der Waals surface area contributed by atoms with Crippen LogP contribution in [0.25, 0.3) is 0 Å². The van der Waals surface area contributed by atoms with Crippen LogP contribution in [0.15, 0.2) is 24.3 Å². The zero-order valence-electron chi connectivity index (χ0n) is 24.2. The van der Waals surface area contributed by atoms with Crippen molar-refractivity contribution in [3.05, 3.63) is 41.1 Å². The summed E-state index contributed by atoms with van der Waals surface area (Å²) in [5, 5.41) is 3.77. The van der Waals surface area contributed by atoms with Gasteiger partial charge in [-0.15, -0.1) is 0 Å². The van der Waals surface area contributed by atoms with E-state index in [1.165, 1.54) is 61.2 Å². The smallest absolute Gasteiger partial charge is 0.228 e. The molecule has 8 heteroatoms. The second-order valence-electron chi connectivity index (χ2n) is 11.9. The number of nitrogens with one attached hydrogen (secondary N) is 1. The number of ether oxygens (including phenoxy) is 1. The number of benzene rings is 1. The highest BCUT2D eigenvalue weighted by atomic mass is 16.5. The average Bonchev–Trinajstić information content (AvgIpc) is 3.24. The summed E-state index contributed by atoms with van der Waals surface area (Å²) in [6.45, 7) is 5.68. The Labute approximate surface area is 235 Å². The van der Waals surface area contributed by atoms with Gasteiger partial charge in [-0.1, -0.05) is 25.0 Å². The van der Waals surface area contributed by atoms with E-state index in [0.717, 1.165) is 83.1 Å². The molecule has 2 aliphatic heterocycles. The zero-order valence-corrected chi connectivity index (χ0v) is 24.2. The molecule has 2 saturated heterocycles. The second-order valence-corrected chi connectivity index (χ2v) is 11.9. The molecule has 2 atom stereocenters. The van der Waals surface area contributed by atoms with Crippen LogP contribution in [0.3, 0.4) is 0 Å². The van der Waals surface area contributed by atoms with E-state index in [1.807, 2.05) is 0 Å². The van der Waals surface area contributed by atoms with Gasteiger partial charge in [0.05, 0.1) is 18.5 Å². The number of aryl methyl sites for hydroxylation is 1. The number of aromatic nitrogens is 2. The number of piperidine rings is 1. The number of hydrogen-bond donors (Lipinski definition) is 2. The summed E-state index contributed by atoms with van der Waals surface area (Å²) < 4.78 is 5.92. The molecule has 0 bridgehead atoms. The van der Waals surface area contributed by atoms with Crippen LogP contribution in [0.2, 0.25) is 0 Å². The minimum Gasteiger partial charge on any atom is -0.494 e. The molecule has 5 rings (SSSR count). The normalized spacial score (nSPS) is 22.1. The number of hydrogen-bond acceptors (Lipinski definition) is 8. The fraction of sp³-hybridized carbons (Fsp3) is 0.677. The molecule has 39 heavy (non-hydrogen) atoms. The zero-order chi connectivity index (χ0) is 27.0. The molecular formula is C31H49N7O. The Morgan fingerprint density at radius 3 is 2.49 bits per heavy atom. The summed E-state index contributed by atoms with van der Waals surface area (Å²) in [4.78, 5) is 17.6. The van der Waals surface area contributed by atoms with Crippen molar-refractivity contribution in [2.45, 2.75) is 89.4 Å². The Kier molecular flexibility index (Phi) is 9.93.